The second-order valence-corrected chi connectivity index (χ2v) is 1.32. The summed E-state index contributed by atoms with van der Waals surface area (Å²) >= 11 is 0. The normalized spacial score (nSPS) is 39.9. The summed E-state index contributed by atoms with van der Waals surface area (Å²) in [5.74, 6) is 0. The lowest BCUT2D eigenvalue weighted by Crippen LogP contribution is -2.32. The molecule has 2 nitrogen and oxygen atoms in total. The molecule has 0 radical (unpaired) electrons. The van der Waals surface area contributed by atoms with Crippen LogP contribution in [0.2, 0.25) is 0 Å². The lowest BCUT2D eigenvalue weighted by atomic mass is 10.3. The highest BCUT2D eigenvalue weighted by atomic mass is 15.0. The van der Waals surface area contributed by atoms with Gasteiger partial charge in [0.15, 0.2) is 0 Å². The van der Waals surface area contributed by atoms with E-state index < -0.39 is 6.14 Å². The molecule has 1 unspecified atom stereocenters. The Hall–Kier alpha value is -0.760. The maximum atomic E-state index is 7.15. The smallest absolute Gasteiger partial charge is 0.0934 e. The van der Waals surface area contributed by atoms with E-state index in [0.717, 1.165) is 0 Å². The Morgan fingerprint density at radius 2 is 2.57 bits per heavy atom. The molecule has 0 bridgehead atoms. The van der Waals surface area contributed by atoms with Crippen molar-refractivity contribution in [3.63, 3.8) is 0 Å². The van der Waals surface area contributed by atoms with Crippen LogP contribution in [-0.2, 0) is 0 Å². The second kappa shape index (κ2) is 1.80. The number of nitrogens with two attached hydrogens (primary N) is 1. The predicted octanol–water partition coefficient (Wildman–Crippen LogP) is -0.0557. The van der Waals surface area contributed by atoms with Crippen molar-refractivity contribution in [3.05, 3.63) is 24.4 Å². The molecule has 0 fully saturated rings. The summed E-state index contributed by atoms with van der Waals surface area (Å²) in [7, 11) is 0. The molecule has 2 heteroatoms. The topological polar surface area (TPSA) is 38.0 Å². The first-order valence-electron chi connectivity index (χ1n) is 2.62. The van der Waals surface area contributed by atoms with E-state index in [-0.39, 0.29) is 0 Å². The molecule has 1 rings (SSSR count). The van der Waals surface area contributed by atoms with Gasteiger partial charge in [0.25, 0.3) is 0 Å². The first-order valence-corrected chi connectivity index (χ1v) is 2.12. The van der Waals surface area contributed by atoms with E-state index in [2.05, 4.69) is 5.32 Å². The van der Waals surface area contributed by atoms with Crippen LogP contribution in [0.4, 0.5) is 0 Å². The maximum Gasteiger partial charge on any atom is 0.0934 e. The molecule has 0 saturated carbocycles. The first-order chi connectivity index (χ1) is 3.71. The van der Waals surface area contributed by atoms with Crippen LogP contribution in [-0.4, -0.2) is 6.14 Å². The van der Waals surface area contributed by atoms with Crippen LogP contribution in [0.15, 0.2) is 24.4 Å². The Bertz CT molecular complexity index is 137. The average molecular weight is 97.1 g/mol. The van der Waals surface area contributed by atoms with Crippen molar-refractivity contribution in [2.75, 3.05) is 0 Å². The fourth-order valence-corrected chi connectivity index (χ4v) is 0.407. The lowest BCUT2D eigenvalue weighted by molar-refractivity contribution is 0.727. The Balaban J connectivity index is 2.65. The van der Waals surface area contributed by atoms with Crippen LogP contribution in [0.3, 0.4) is 0 Å². The summed E-state index contributed by atoms with van der Waals surface area (Å²) in [6.07, 6.45) is 5.66. The van der Waals surface area contributed by atoms with Gasteiger partial charge >= 0.3 is 0 Å². The Morgan fingerprint density at radius 3 is 2.86 bits per heavy atom. The molecule has 38 valence electrons. The lowest BCUT2D eigenvalue weighted by Gasteiger charge is -2.07. The number of hydrogen-bond donors (Lipinski definition) is 2. The summed E-state index contributed by atoms with van der Waals surface area (Å²) in [5, 5.41) is 2.64. The van der Waals surface area contributed by atoms with Gasteiger partial charge in [-0.05, 0) is 18.4 Å². The highest BCUT2D eigenvalue weighted by molar-refractivity contribution is 5.10. The van der Waals surface area contributed by atoms with E-state index in [1.165, 1.54) is 0 Å². The minimum Gasteiger partial charge on any atom is -0.373 e. The third-order valence-corrected chi connectivity index (χ3v) is 0.733. The van der Waals surface area contributed by atoms with Gasteiger partial charge < -0.3 is 11.1 Å². The summed E-state index contributed by atoms with van der Waals surface area (Å²) in [4.78, 5) is 0. The third kappa shape index (κ3) is 1.05. The molecule has 0 aromatic heterocycles. The molecule has 0 spiro atoms. The molecule has 0 aromatic carbocycles. The largest absolute Gasteiger partial charge is 0.373 e. The zero-order valence-corrected chi connectivity index (χ0v) is 3.89. The van der Waals surface area contributed by atoms with Gasteiger partial charge in [-0.3, -0.25) is 0 Å². The highest BCUT2D eigenvalue weighted by Gasteiger charge is 1.90. The van der Waals surface area contributed by atoms with E-state index in [9.17, 15) is 0 Å². The van der Waals surface area contributed by atoms with Crippen molar-refractivity contribution in [1.82, 2.24) is 5.32 Å². The van der Waals surface area contributed by atoms with Crippen molar-refractivity contribution in [3.8, 4) is 0 Å². The van der Waals surface area contributed by atoms with Gasteiger partial charge in [0.1, 0.15) is 0 Å². The second-order valence-electron chi connectivity index (χ2n) is 1.32. The van der Waals surface area contributed by atoms with Crippen molar-refractivity contribution in [2.24, 2.45) is 5.73 Å². The van der Waals surface area contributed by atoms with Gasteiger partial charge in [-0.1, -0.05) is 6.08 Å². The van der Waals surface area contributed by atoms with Gasteiger partial charge in [-0.2, -0.15) is 0 Å². The van der Waals surface area contributed by atoms with E-state index in [1.807, 2.05) is 0 Å². The standard InChI is InChI=1S/C5H8N2/c6-5-3-1-2-4-7-5/h1-5,7H,6H2/i5D. The minimum atomic E-state index is -1.09. The van der Waals surface area contributed by atoms with Gasteiger partial charge in [-0.15, -0.1) is 0 Å². The molecule has 0 amide bonds. The molecule has 0 saturated heterocycles. The number of allylic oxidation sites excluding steroid dienone is 2. The van der Waals surface area contributed by atoms with E-state index in [1.54, 1.807) is 24.4 Å². The molecule has 7 heavy (non-hydrogen) atoms. The van der Waals surface area contributed by atoms with Crippen molar-refractivity contribution < 1.29 is 1.37 Å². The monoisotopic (exact) mass is 97.1 g/mol. The summed E-state index contributed by atoms with van der Waals surface area (Å²) < 4.78 is 7.15. The number of rotatable bonds is 0. The first kappa shape index (κ1) is 3.27. The Morgan fingerprint density at radius 1 is 1.71 bits per heavy atom. The molecular weight excluding hydrogens is 88.1 g/mol. The zero-order valence-electron chi connectivity index (χ0n) is 4.89. The van der Waals surface area contributed by atoms with Gasteiger partial charge in [0.2, 0.25) is 0 Å². The Kier molecular flexibility index (Phi) is 0.839. The van der Waals surface area contributed by atoms with Crippen LogP contribution < -0.4 is 11.1 Å². The van der Waals surface area contributed by atoms with Crippen LogP contribution in [0, 0.1) is 0 Å². The molecule has 1 aliphatic rings. The third-order valence-electron chi connectivity index (χ3n) is 0.733. The molecule has 1 aliphatic heterocycles. The quantitative estimate of drug-likeness (QED) is 0.444. The van der Waals surface area contributed by atoms with E-state index in [0.29, 0.717) is 0 Å². The Labute approximate surface area is 44.1 Å². The van der Waals surface area contributed by atoms with Crippen LogP contribution in [0.1, 0.15) is 1.37 Å². The SMILES string of the molecule is [2H]C1(N)C=CC=CN1. The van der Waals surface area contributed by atoms with Crippen LogP contribution in [0.5, 0.6) is 0 Å². The van der Waals surface area contributed by atoms with E-state index in [4.69, 9.17) is 7.10 Å². The van der Waals surface area contributed by atoms with Crippen molar-refractivity contribution in [1.29, 1.82) is 0 Å². The molecule has 0 aromatic rings. The van der Waals surface area contributed by atoms with E-state index >= 15 is 0 Å². The fourth-order valence-electron chi connectivity index (χ4n) is 0.407. The summed E-state index contributed by atoms with van der Waals surface area (Å²) in [5.41, 5.74) is 5.30. The van der Waals surface area contributed by atoms with Gasteiger partial charge in [0, 0.05) is 0 Å². The summed E-state index contributed by atoms with van der Waals surface area (Å²) in [6.45, 7) is 0. The average Bonchev–Trinajstić information content (AvgIpc) is 1.65. The van der Waals surface area contributed by atoms with Crippen molar-refractivity contribution >= 4 is 0 Å². The van der Waals surface area contributed by atoms with Gasteiger partial charge in [0.05, 0.1) is 7.51 Å². The molecule has 0 aliphatic carbocycles. The molecule has 1 heterocycles. The number of nitrogens with one attached hydrogen (secondary N) is 1. The van der Waals surface area contributed by atoms with Crippen molar-refractivity contribution in [2.45, 2.75) is 6.14 Å². The fraction of sp³-hybridized carbons (Fsp3) is 0.200. The number of dihydropyridines is 1. The highest BCUT2D eigenvalue weighted by Crippen LogP contribution is 1.84. The molecule has 3 N–H and O–H groups in total. The molecule has 1 atom stereocenters. The minimum absolute atomic E-state index is 1.09. The van der Waals surface area contributed by atoms with Crippen LogP contribution in [0.25, 0.3) is 0 Å². The molecular formula is C5H8N2. The van der Waals surface area contributed by atoms with Gasteiger partial charge in [-0.25, -0.2) is 0 Å². The number of hydrogen-bond acceptors (Lipinski definition) is 2. The zero-order chi connectivity index (χ0) is 6.04. The summed E-state index contributed by atoms with van der Waals surface area (Å²) in [6, 6.07) is 0. The van der Waals surface area contributed by atoms with Crippen LogP contribution >= 0.6 is 0 Å². The maximum absolute atomic E-state index is 7.15. The predicted molar refractivity (Wildman–Crippen MR) is 29.4 cm³/mol.